The Kier molecular flexibility index (Phi) is 4.90. The smallest absolute Gasteiger partial charge is 0.275 e. The third-order valence-corrected chi connectivity index (χ3v) is 8.05. The van der Waals surface area contributed by atoms with Gasteiger partial charge in [0.05, 0.1) is 6.54 Å². The second-order valence-electron chi connectivity index (χ2n) is 8.37. The number of thiophene rings is 1. The van der Waals surface area contributed by atoms with Crippen molar-refractivity contribution in [2.75, 3.05) is 11.2 Å². The van der Waals surface area contributed by atoms with Crippen molar-refractivity contribution in [1.82, 2.24) is 9.88 Å². The highest BCUT2D eigenvalue weighted by Crippen LogP contribution is 2.38. The standard InChI is InChI=1S/C23H25N3O2S2/c1-23(22(28)24-16-6-3-4-7-16)14-25-19(12-15-10-11-30-21(15)25)20(27)26(23)17-8-5-9-18(13-17)29-2/h5,8-13,16H,3-4,6-7,14H2,1-2H3,(H,24,28)/t23-/m1/s1. The average molecular weight is 440 g/mol. The van der Waals surface area contributed by atoms with Gasteiger partial charge < -0.3 is 9.88 Å². The topological polar surface area (TPSA) is 54.3 Å². The molecular weight excluding hydrogens is 414 g/mol. The number of anilines is 1. The zero-order valence-corrected chi connectivity index (χ0v) is 18.8. The fraction of sp³-hybridized carbons (Fsp3) is 0.391. The van der Waals surface area contributed by atoms with Crippen LogP contribution in [0.25, 0.3) is 10.2 Å². The van der Waals surface area contributed by atoms with Gasteiger partial charge in [-0.2, -0.15) is 0 Å². The molecule has 0 spiro atoms. The van der Waals surface area contributed by atoms with E-state index in [4.69, 9.17) is 0 Å². The molecule has 1 aliphatic heterocycles. The van der Waals surface area contributed by atoms with E-state index in [2.05, 4.69) is 5.32 Å². The van der Waals surface area contributed by atoms with Gasteiger partial charge in [0.1, 0.15) is 16.1 Å². The van der Waals surface area contributed by atoms with Crippen LogP contribution in [0.4, 0.5) is 5.69 Å². The van der Waals surface area contributed by atoms with Gasteiger partial charge in [-0.1, -0.05) is 18.9 Å². The largest absolute Gasteiger partial charge is 0.351 e. The number of carbonyl (C=O) groups is 2. The third kappa shape index (κ3) is 3.06. The van der Waals surface area contributed by atoms with E-state index in [1.165, 1.54) is 0 Å². The molecule has 0 bridgehead atoms. The Morgan fingerprint density at radius 1 is 1.23 bits per heavy atom. The number of amides is 2. The van der Waals surface area contributed by atoms with E-state index in [0.29, 0.717) is 12.2 Å². The summed E-state index contributed by atoms with van der Waals surface area (Å²) in [7, 11) is 0. The van der Waals surface area contributed by atoms with Crippen molar-refractivity contribution in [2.45, 2.75) is 55.6 Å². The number of nitrogens with one attached hydrogen (secondary N) is 1. The van der Waals surface area contributed by atoms with E-state index in [1.54, 1.807) is 28.0 Å². The van der Waals surface area contributed by atoms with Crippen LogP contribution in [0.3, 0.4) is 0 Å². The Morgan fingerprint density at radius 3 is 2.80 bits per heavy atom. The quantitative estimate of drug-likeness (QED) is 0.588. The minimum absolute atomic E-state index is 0.0682. The fourth-order valence-corrected chi connectivity index (χ4v) is 6.11. The van der Waals surface area contributed by atoms with Gasteiger partial charge in [-0.15, -0.1) is 23.1 Å². The number of carbonyl (C=O) groups excluding carboxylic acids is 2. The molecule has 2 aromatic heterocycles. The SMILES string of the molecule is CSc1cccc(N2C(=O)c3cc4ccsc4n3C[C@]2(C)C(=O)NC2CCCC2)c1. The molecule has 1 fully saturated rings. The Balaban J connectivity index is 1.63. The molecule has 1 N–H and O–H groups in total. The fourth-order valence-electron chi connectivity index (χ4n) is 4.76. The first-order chi connectivity index (χ1) is 14.5. The minimum atomic E-state index is -1.00. The summed E-state index contributed by atoms with van der Waals surface area (Å²) < 4.78 is 2.03. The van der Waals surface area contributed by atoms with Crippen molar-refractivity contribution in [3.63, 3.8) is 0 Å². The van der Waals surface area contributed by atoms with Crippen LogP contribution in [0.1, 0.15) is 43.1 Å². The van der Waals surface area contributed by atoms with Crippen molar-refractivity contribution >= 4 is 50.8 Å². The molecule has 1 atom stereocenters. The number of aromatic nitrogens is 1. The first kappa shape index (κ1) is 19.7. The van der Waals surface area contributed by atoms with Crippen LogP contribution >= 0.6 is 23.1 Å². The summed E-state index contributed by atoms with van der Waals surface area (Å²) in [6, 6.07) is 12.1. The summed E-state index contributed by atoms with van der Waals surface area (Å²) >= 11 is 3.25. The van der Waals surface area contributed by atoms with Crippen molar-refractivity contribution in [3.8, 4) is 0 Å². The van der Waals surface area contributed by atoms with Crippen LogP contribution in [-0.4, -0.2) is 34.2 Å². The lowest BCUT2D eigenvalue weighted by atomic mass is 9.93. The molecule has 7 heteroatoms. The van der Waals surface area contributed by atoms with Gasteiger partial charge >= 0.3 is 0 Å². The molecule has 1 aliphatic carbocycles. The monoisotopic (exact) mass is 439 g/mol. The number of fused-ring (bicyclic) bond motifs is 3. The van der Waals surface area contributed by atoms with Gasteiger partial charge in [0.25, 0.3) is 5.91 Å². The number of hydrogen-bond acceptors (Lipinski definition) is 4. The lowest BCUT2D eigenvalue weighted by Crippen LogP contribution is -2.65. The summed E-state index contributed by atoms with van der Waals surface area (Å²) in [4.78, 5) is 31.3. The van der Waals surface area contributed by atoms with E-state index < -0.39 is 5.54 Å². The Bertz CT molecular complexity index is 1130. The van der Waals surface area contributed by atoms with Crippen molar-refractivity contribution in [3.05, 3.63) is 47.5 Å². The highest BCUT2D eigenvalue weighted by Gasteiger charge is 2.49. The summed E-state index contributed by atoms with van der Waals surface area (Å²) in [5.41, 5.74) is 0.420. The van der Waals surface area contributed by atoms with E-state index in [-0.39, 0.29) is 17.9 Å². The second kappa shape index (κ2) is 7.46. The van der Waals surface area contributed by atoms with E-state index in [0.717, 1.165) is 46.5 Å². The molecule has 2 amide bonds. The number of benzene rings is 1. The van der Waals surface area contributed by atoms with Crippen LogP contribution in [0.2, 0.25) is 0 Å². The van der Waals surface area contributed by atoms with Crippen molar-refractivity contribution in [2.24, 2.45) is 0 Å². The van der Waals surface area contributed by atoms with Gasteiger partial charge in [0.15, 0.2) is 0 Å². The number of rotatable bonds is 4. The van der Waals surface area contributed by atoms with Gasteiger partial charge in [-0.05, 0) is 61.7 Å². The molecule has 30 heavy (non-hydrogen) atoms. The Morgan fingerprint density at radius 2 is 2.03 bits per heavy atom. The van der Waals surface area contributed by atoms with Crippen LogP contribution in [-0.2, 0) is 11.3 Å². The molecule has 0 saturated heterocycles. The minimum Gasteiger partial charge on any atom is -0.351 e. The summed E-state index contributed by atoms with van der Waals surface area (Å²) in [6.07, 6.45) is 6.35. The molecule has 3 aromatic rings. The average Bonchev–Trinajstić information content (AvgIpc) is 3.47. The van der Waals surface area contributed by atoms with E-state index in [9.17, 15) is 9.59 Å². The zero-order chi connectivity index (χ0) is 20.9. The summed E-state index contributed by atoms with van der Waals surface area (Å²) in [5.74, 6) is -0.187. The van der Waals surface area contributed by atoms with E-state index in [1.807, 2.05) is 59.5 Å². The predicted octanol–water partition coefficient (Wildman–Crippen LogP) is 4.90. The molecule has 5 rings (SSSR count). The molecule has 0 unspecified atom stereocenters. The highest BCUT2D eigenvalue weighted by atomic mass is 32.2. The molecule has 5 nitrogen and oxygen atoms in total. The molecular formula is C23H25N3O2S2. The highest BCUT2D eigenvalue weighted by molar-refractivity contribution is 7.98. The molecule has 2 aliphatic rings. The van der Waals surface area contributed by atoms with Crippen LogP contribution in [0.5, 0.6) is 0 Å². The van der Waals surface area contributed by atoms with E-state index >= 15 is 0 Å². The van der Waals surface area contributed by atoms with Crippen LogP contribution < -0.4 is 10.2 Å². The first-order valence-corrected chi connectivity index (χ1v) is 12.5. The molecule has 0 radical (unpaired) electrons. The van der Waals surface area contributed by atoms with Crippen LogP contribution in [0, 0.1) is 0 Å². The summed E-state index contributed by atoms with van der Waals surface area (Å²) in [6.45, 7) is 2.35. The van der Waals surface area contributed by atoms with Crippen molar-refractivity contribution < 1.29 is 9.59 Å². The maximum absolute atomic E-state index is 13.8. The number of hydrogen-bond donors (Lipinski definition) is 1. The molecule has 3 heterocycles. The van der Waals surface area contributed by atoms with Gasteiger partial charge in [-0.25, -0.2) is 0 Å². The van der Waals surface area contributed by atoms with Gasteiger partial charge in [-0.3, -0.25) is 14.5 Å². The number of thioether (sulfide) groups is 1. The lowest BCUT2D eigenvalue weighted by Gasteiger charge is -2.44. The predicted molar refractivity (Wildman–Crippen MR) is 124 cm³/mol. The second-order valence-corrected chi connectivity index (χ2v) is 10.1. The normalized spacial score (nSPS) is 21.9. The van der Waals surface area contributed by atoms with Gasteiger partial charge in [0, 0.05) is 22.0 Å². The molecule has 1 saturated carbocycles. The maximum Gasteiger partial charge on any atom is 0.275 e. The van der Waals surface area contributed by atoms with Gasteiger partial charge in [0.2, 0.25) is 5.91 Å². The molecule has 156 valence electrons. The Labute approximate surface area is 184 Å². The maximum atomic E-state index is 13.8. The third-order valence-electron chi connectivity index (χ3n) is 6.38. The molecule has 1 aromatic carbocycles. The van der Waals surface area contributed by atoms with Crippen molar-refractivity contribution in [1.29, 1.82) is 0 Å². The lowest BCUT2D eigenvalue weighted by molar-refractivity contribution is -0.127. The Hall–Kier alpha value is -2.25. The zero-order valence-electron chi connectivity index (χ0n) is 17.2. The van der Waals surface area contributed by atoms with Crippen LogP contribution in [0.15, 0.2) is 46.7 Å². The first-order valence-electron chi connectivity index (χ1n) is 10.4. The number of nitrogens with zero attached hydrogens (tertiary/aromatic N) is 2. The summed E-state index contributed by atoms with van der Waals surface area (Å²) in [5, 5.41) is 6.35.